The van der Waals surface area contributed by atoms with Crippen molar-refractivity contribution in [2.75, 3.05) is 6.61 Å². The summed E-state index contributed by atoms with van der Waals surface area (Å²) in [5, 5.41) is 0. The third-order valence-corrected chi connectivity index (χ3v) is 6.75. The predicted molar refractivity (Wildman–Crippen MR) is 117 cm³/mol. The molecular formula is C23H24F6N2OSi. The van der Waals surface area contributed by atoms with Crippen molar-refractivity contribution < 1.29 is 31.1 Å². The lowest BCUT2D eigenvalue weighted by atomic mass is 10.1. The Morgan fingerprint density at radius 2 is 1.27 bits per heavy atom. The number of benzene rings is 2. The minimum Gasteiger partial charge on any atom is -0.361 e. The molecule has 0 fully saturated rings. The van der Waals surface area contributed by atoms with E-state index in [4.69, 9.17) is 4.74 Å². The zero-order valence-electron chi connectivity index (χ0n) is 18.4. The van der Waals surface area contributed by atoms with Crippen LogP contribution < -0.4 is 0 Å². The minimum absolute atomic E-state index is 0.0667. The van der Waals surface area contributed by atoms with Gasteiger partial charge in [0.05, 0.1) is 23.0 Å². The number of alkyl halides is 6. The van der Waals surface area contributed by atoms with Gasteiger partial charge >= 0.3 is 12.4 Å². The molecule has 0 unspecified atom stereocenters. The second kappa shape index (κ2) is 9.34. The molecule has 3 rings (SSSR count). The van der Waals surface area contributed by atoms with Crippen LogP contribution in [0.1, 0.15) is 11.1 Å². The fourth-order valence-electron chi connectivity index (χ4n) is 3.14. The molecule has 0 aliphatic heterocycles. The van der Waals surface area contributed by atoms with Gasteiger partial charge in [-0.1, -0.05) is 43.9 Å². The Labute approximate surface area is 189 Å². The molecule has 0 radical (unpaired) electrons. The molecule has 3 aromatic rings. The summed E-state index contributed by atoms with van der Waals surface area (Å²) in [6, 6.07) is 10.1. The molecule has 0 saturated heterocycles. The van der Waals surface area contributed by atoms with Crippen LogP contribution in [0.4, 0.5) is 26.3 Å². The number of hydrogen-bond acceptors (Lipinski definition) is 2. The summed E-state index contributed by atoms with van der Waals surface area (Å²) >= 11 is 0. The van der Waals surface area contributed by atoms with E-state index >= 15 is 0 Å². The first kappa shape index (κ1) is 25.0. The zero-order valence-corrected chi connectivity index (χ0v) is 19.4. The lowest BCUT2D eigenvalue weighted by Gasteiger charge is -2.17. The molecule has 33 heavy (non-hydrogen) atoms. The second-order valence-corrected chi connectivity index (χ2v) is 14.5. The Morgan fingerprint density at radius 3 is 1.73 bits per heavy atom. The normalized spacial score (nSPS) is 12.9. The molecular weight excluding hydrogens is 462 g/mol. The largest absolute Gasteiger partial charge is 0.416 e. The molecule has 0 amide bonds. The van der Waals surface area contributed by atoms with Gasteiger partial charge in [0, 0.05) is 20.2 Å². The van der Waals surface area contributed by atoms with Gasteiger partial charge in [-0.2, -0.15) is 26.3 Å². The van der Waals surface area contributed by atoms with Crippen molar-refractivity contribution in [2.24, 2.45) is 0 Å². The maximum absolute atomic E-state index is 12.9. The van der Waals surface area contributed by atoms with E-state index in [0.29, 0.717) is 29.3 Å². The maximum atomic E-state index is 12.9. The predicted octanol–water partition coefficient (Wildman–Crippen LogP) is 7.57. The average Bonchev–Trinajstić information content (AvgIpc) is 3.13. The molecule has 0 bridgehead atoms. The van der Waals surface area contributed by atoms with Crippen LogP contribution in [0.3, 0.4) is 0 Å². The van der Waals surface area contributed by atoms with Gasteiger partial charge in [-0.3, -0.25) is 4.57 Å². The highest BCUT2D eigenvalue weighted by Gasteiger charge is 2.31. The number of imidazole rings is 1. The molecule has 0 N–H and O–H groups in total. The average molecular weight is 487 g/mol. The van der Waals surface area contributed by atoms with E-state index in [1.807, 2.05) is 0 Å². The third-order valence-electron chi connectivity index (χ3n) is 5.05. The number of halogens is 6. The van der Waals surface area contributed by atoms with Crippen LogP contribution in [0, 0.1) is 0 Å². The second-order valence-electron chi connectivity index (χ2n) is 8.89. The van der Waals surface area contributed by atoms with E-state index in [0.717, 1.165) is 30.3 Å². The fourth-order valence-corrected chi connectivity index (χ4v) is 3.90. The highest BCUT2D eigenvalue weighted by Crippen LogP contribution is 2.34. The Hall–Kier alpha value is -2.59. The van der Waals surface area contributed by atoms with Crippen LogP contribution in [-0.2, 0) is 23.8 Å². The van der Waals surface area contributed by atoms with Gasteiger partial charge in [-0.05, 0) is 35.9 Å². The Bertz CT molecular complexity index is 990. The maximum Gasteiger partial charge on any atom is 0.416 e. The molecule has 178 valence electrons. The van der Waals surface area contributed by atoms with Gasteiger partial charge in [-0.15, -0.1) is 0 Å². The number of ether oxygens (including phenoxy) is 1. The van der Waals surface area contributed by atoms with Gasteiger partial charge in [0.2, 0.25) is 0 Å². The van der Waals surface area contributed by atoms with Crippen molar-refractivity contribution >= 4 is 8.07 Å². The molecule has 0 aliphatic carbocycles. The Morgan fingerprint density at radius 1 is 0.788 bits per heavy atom. The number of nitrogens with zero attached hydrogens (tertiary/aromatic N) is 2. The Kier molecular flexibility index (Phi) is 7.09. The zero-order chi connectivity index (χ0) is 24.4. The topological polar surface area (TPSA) is 27.1 Å². The van der Waals surface area contributed by atoms with Crippen LogP contribution in [0.5, 0.6) is 0 Å². The van der Waals surface area contributed by atoms with Crippen LogP contribution in [0.25, 0.3) is 22.6 Å². The van der Waals surface area contributed by atoms with Crippen LogP contribution in [0.2, 0.25) is 25.7 Å². The first-order chi connectivity index (χ1) is 15.3. The quantitative estimate of drug-likeness (QED) is 0.196. The summed E-state index contributed by atoms with van der Waals surface area (Å²) in [4.78, 5) is 4.34. The van der Waals surface area contributed by atoms with E-state index in [-0.39, 0.29) is 6.73 Å². The Balaban J connectivity index is 1.95. The van der Waals surface area contributed by atoms with Gasteiger partial charge in [-0.25, -0.2) is 4.98 Å². The summed E-state index contributed by atoms with van der Waals surface area (Å²) < 4.78 is 85.1. The number of hydrogen-bond donors (Lipinski definition) is 0. The molecule has 1 heterocycles. The molecule has 0 spiro atoms. The number of rotatable bonds is 7. The van der Waals surface area contributed by atoms with Crippen molar-refractivity contribution in [1.29, 1.82) is 0 Å². The van der Waals surface area contributed by atoms with E-state index in [2.05, 4.69) is 24.6 Å². The van der Waals surface area contributed by atoms with Crippen LogP contribution >= 0.6 is 0 Å². The van der Waals surface area contributed by atoms with E-state index < -0.39 is 31.6 Å². The van der Waals surface area contributed by atoms with Crippen molar-refractivity contribution in [3.05, 3.63) is 65.9 Å². The van der Waals surface area contributed by atoms with Gasteiger partial charge < -0.3 is 4.74 Å². The van der Waals surface area contributed by atoms with Crippen LogP contribution in [-0.4, -0.2) is 24.2 Å². The van der Waals surface area contributed by atoms with E-state index in [9.17, 15) is 26.3 Å². The van der Waals surface area contributed by atoms with Crippen LogP contribution in [0.15, 0.2) is 54.7 Å². The van der Waals surface area contributed by atoms with Crippen molar-refractivity contribution in [3.8, 4) is 22.6 Å². The fraction of sp³-hybridized carbons (Fsp3) is 0.348. The minimum atomic E-state index is -4.46. The summed E-state index contributed by atoms with van der Waals surface area (Å²) in [6.45, 7) is 7.17. The highest BCUT2D eigenvalue weighted by molar-refractivity contribution is 6.76. The molecule has 0 saturated carbocycles. The first-order valence-electron chi connectivity index (χ1n) is 10.2. The first-order valence-corrected chi connectivity index (χ1v) is 13.9. The molecule has 2 aromatic carbocycles. The van der Waals surface area contributed by atoms with Gasteiger partial charge in [0.1, 0.15) is 12.6 Å². The van der Waals surface area contributed by atoms with Crippen molar-refractivity contribution in [3.63, 3.8) is 0 Å². The molecule has 1 aromatic heterocycles. The summed E-state index contributed by atoms with van der Waals surface area (Å²) in [5.41, 5.74) is -0.116. The number of aromatic nitrogens is 2. The molecule has 0 atom stereocenters. The van der Waals surface area contributed by atoms with E-state index in [1.54, 1.807) is 4.57 Å². The molecule has 3 nitrogen and oxygen atoms in total. The summed E-state index contributed by atoms with van der Waals surface area (Å²) in [7, 11) is -1.35. The van der Waals surface area contributed by atoms with Gasteiger partial charge in [0.15, 0.2) is 0 Å². The van der Waals surface area contributed by atoms with Gasteiger partial charge in [0.25, 0.3) is 0 Å². The van der Waals surface area contributed by atoms with E-state index in [1.165, 1.54) is 30.5 Å². The highest BCUT2D eigenvalue weighted by atomic mass is 28.3. The van der Waals surface area contributed by atoms with Crippen molar-refractivity contribution in [2.45, 2.75) is 44.8 Å². The van der Waals surface area contributed by atoms with Crippen molar-refractivity contribution in [1.82, 2.24) is 9.55 Å². The molecule has 0 aliphatic rings. The lowest BCUT2D eigenvalue weighted by molar-refractivity contribution is -0.138. The SMILES string of the molecule is C[Si](C)(C)CCOCn1c(-c2ccc(C(F)(F)F)cc2)cnc1-c1ccc(C(F)(F)F)cc1. The standard InChI is InChI=1S/C23H24F6N2OSi/c1-33(2,3)13-12-32-15-31-20(16-4-8-18(9-5-16)22(24,25)26)14-30-21(31)17-6-10-19(11-7-17)23(27,28)29/h4-11,14H,12-13,15H2,1-3H3. The lowest BCUT2D eigenvalue weighted by Crippen LogP contribution is -2.22. The monoisotopic (exact) mass is 486 g/mol. The smallest absolute Gasteiger partial charge is 0.361 e. The molecule has 10 heteroatoms. The summed E-state index contributed by atoms with van der Waals surface area (Å²) in [6.07, 6.45) is -7.43. The summed E-state index contributed by atoms with van der Waals surface area (Å²) in [5.74, 6) is 0.367. The third kappa shape index (κ3) is 6.48.